The van der Waals surface area contributed by atoms with Gasteiger partial charge >= 0.3 is 6.03 Å². The molecule has 1 aliphatic heterocycles. The zero-order valence-electron chi connectivity index (χ0n) is 20.6. The summed E-state index contributed by atoms with van der Waals surface area (Å²) in [6, 6.07) is 4.04. The fourth-order valence-corrected chi connectivity index (χ4v) is 4.54. The van der Waals surface area contributed by atoms with Gasteiger partial charge in [-0.15, -0.1) is 0 Å². The van der Waals surface area contributed by atoms with Crippen molar-refractivity contribution in [2.45, 2.75) is 58.8 Å². The smallest absolute Gasteiger partial charge is 0.321 e. The first kappa shape index (κ1) is 25.8. The maximum absolute atomic E-state index is 14.2. The normalized spacial score (nSPS) is 17.4. The summed E-state index contributed by atoms with van der Waals surface area (Å²) >= 11 is 0. The average Bonchev–Trinajstić information content (AvgIpc) is 2.84. The van der Waals surface area contributed by atoms with Crippen molar-refractivity contribution >= 4 is 11.9 Å². The van der Waals surface area contributed by atoms with Gasteiger partial charge in [-0.25, -0.2) is 9.18 Å². The Morgan fingerprint density at radius 1 is 1.09 bits per heavy atom. The third kappa shape index (κ3) is 7.92. The summed E-state index contributed by atoms with van der Waals surface area (Å²) in [5.74, 6) is 0.368. The fourth-order valence-electron chi connectivity index (χ4n) is 4.54. The minimum atomic E-state index is -0.476. The van der Waals surface area contributed by atoms with Crippen LogP contribution in [0.15, 0.2) is 30.1 Å². The minimum absolute atomic E-state index is 0.182. The molecule has 1 aromatic rings. The van der Waals surface area contributed by atoms with Crippen LogP contribution in [0.1, 0.15) is 69.2 Å². The molecule has 1 saturated heterocycles. The number of ether oxygens (including phenoxy) is 1. The van der Waals surface area contributed by atoms with Gasteiger partial charge in [0.05, 0.1) is 6.61 Å². The molecule has 2 N–H and O–H groups in total. The Labute approximate surface area is 202 Å². The molecule has 0 radical (unpaired) electrons. The Hall–Kier alpha value is -2.77. The molecule has 0 bridgehead atoms. The molecule has 2 aliphatic rings. The number of rotatable bonds is 9. The SMILES string of the molecule is CCCN/C=C(\C)NC(=O)N1CCN(C(=O)c2cc(F)cc(OCCC3CCCCC3)c2)CC1. The number of piperazine rings is 1. The number of benzene rings is 1. The number of carbonyl (C=O) groups is 2. The van der Waals surface area contributed by atoms with E-state index in [-0.39, 0.29) is 17.5 Å². The second-order valence-electron chi connectivity index (χ2n) is 9.31. The highest BCUT2D eigenvalue weighted by Crippen LogP contribution is 2.27. The lowest BCUT2D eigenvalue weighted by molar-refractivity contribution is 0.0665. The molecule has 1 heterocycles. The van der Waals surface area contributed by atoms with E-state index in [1.165, 1.54) is 44.2 Å². The lowest BCUT2D eigenvalue weighted by Crippen LogP contribution is -2.53. The van der Waals surface area contributed by atoms with Gasteiger partial charge in [-0.1, -0.05) is 39.0 Å². The van der Waals surface area contributed by atoms with Crippen molar-refractivity contribution in [1.82, 2.24) is 20.4 Å². The highest BCUT2D eigenvalue weighted by atomic mass is 19.1. The molecule has 1 aromatic carbocycles. The van der Waals surface area contributed by atoms with Gasteiger partial charge in [-0.2, -0.15) is 0 Å². The summed E-state index contributed by atoms with van der Waals surface area (Å²) in [7, 11) is 0. The molecule has 1 saturated carbocycles. The average molecular weight is 475 g/mol. The third-order valence-electron chi connectivity index (χ3n) is 6.51. The molecule has 0 spiro atoms. The van der Waals surface area contributed by atoms with E-state index in [9.17, 15) is 14.0 Å². The summed E-state index contributed by atoms with van der Waals surface area (Å²) in [6.07, 6.45) is 10.1. The molecule has 1 aliphatic carbocycles. The molecule has 34 heavy (non-hydrogen) atoms. The van der Waals surface area contributed by atoms with Gasteiger partial charge in [0.25, 0.3) is 5.91 Å². The predicted molar refractivity (Wildman–Crippen MR) is 131 cm³/mol. The Balaban J connectivity index is 1.48. The molecule has 3 amide bonds. The summed E-state index contributed by atoms with van der Waals surface area (Å²) < 4.78 is 20.0. The van der Waals surface area contributed by atoms with E-state index in [4.69, 9.17) is 4.74 Å². The quantitative estimate of drug-likeness (QED) is 0.517. The Morgan fingerprint density at radius 3 is 2.50 bits per heavy atom. The van der Waals surface area contributed by atoms with Crippen molar-refractivity contribution < 1.29 is 18.7 Å². The number of allylic oxidation sites excluding steroid dienone is 1. The van der Waals surface area contributed by atoms with Crippen LogP contribution in [0.3, 0.4) is 0 Å². The Kier molecular flexibility index (Phi) is 10.0. The second kappa shape index (κ2) is 13.2. The van der Waals surface area contributed by atoms with Crippen LogP contribution in [-0.4, -0.2) is 61.1 Å². The van der Waals surface area contributed by atoms with E-state index >= 15 is 0 Å². The third-order valence-corrected chi connectivity index (χ3v) is 6.51. The van der Waals surface area contributed by atoms with Crippen LogP contribution in [0.4, 0.5) is 9.18 Å². The number of halogens is 1. The number of carbonyl (C=O) groups excluding carboxylic acids is 2. The van der Waals surface area contributed by atoms with Crippen molar-refractivity contribution in [3.63, 3.8) is 0 Å². The van der Waals surface area contributed by atoms with Crippen LogP contribution in [0.25, 0.3) is 0 Å². The summed E-state index contributed by atoms with van der Waals surface area (Å²) in [4.78, 5) is 28.8. The fraction of sp³-hybridized carbons (Fsp3) is 0.615. The lowest BCUT2D eigenvalue weighted by atomic mass is 9.87. The number of hydrogen-bond acceptors (Lipinski definition) is 4. The van der Waals surface area contributed by atoms with E-state index < -0.39 is 5.82 Å². The first-order chi connectivity index (χ1) is 16.5. The Bertz CT molecular complexity index is 846. The van der Waals surface area contributed by atoms with Gasteiger partial charge in [-0.3, -0.25) is 4.79 Å². The molecular weight excluding hydrogens is 435 g/mol. The monoisotopic (exact) mass is 474 g/mol. The van der Waals surface area contributed by atoms with Crippen molar-refractivity contribution in [1.29, 1.82) is 0 Å². The lowest BCUT2D eigenvalue weighted by Gasteiger charge is -2.34. The van der Waals surface area contributed by atoms with Crippen LogP contribution >= 0.6 is 0 Å². The minimum Gasteiger partial charge on any atom is -0.493 e. The molecule has 2 fully saturated rings. The van der Waals surface area contributed by atoms with Crippen LogP contribution in [0, 0.1) is 11.7 Å². The molecule has 7 nitrogen and oxygen atoms in total. The van der Waals surface area contributed by atoms with E-state index in [0.29, 0.717) is 44.5 Å². The molecule has 0 atom stereocenters. The number of nitrogens with zero attached hydrogens (tertiary/aromatic N) is 2. The van der Waals surface area contributed by atoms with Gasteiger partial charge in [0.2, 0.25) is 0 Å². The van der Waals surface area contributed by atoms with Gasteiger partial charge in [0.1, 0.15) is 11.6 Å². The molecule has 3 rings (SSSR count). The molecular formula is C26H39FN4O3. The maximum atomic E-state index is 14.2. The summed E-state index contributed by atoms with van der Waals surface area (Å²) in [6.45, 7) is 6.94. The molecule has 8 heteroatoms. The van der Waals surface area contributed by atoms with Crippen LogP contribution < -0.4 is 15.4 Å². The van der Waals surface area contributed by atoms with E-state index in [0.717, 1.165) is 25.1 Å². The zero-order chi connectivity index (χ0) is 24.3. The first-order valence-electron chi connectivity index (χ1n) is 12.6. The van der Waals surface area contributed by atoms with E-state index in [2.05, 4.69) is 17.6 Å². The molecule has 0 unspecified atom stereocenters. The first-order valence-corrected chi connectivity index (χ1v) is 12.6. The van der Waals surface area contributed by atoms with Crippen LogP contribution in [0.2, 0.25) is 0 Å². The topological polar surface area (TPSA) is 73.9 Å². The molecule has 0 aromatic heterocycles. The van der Waals surface area contributed by atoms with Gasteiger partial charge in [0.15, 0.2) is 0 Å². The van der Waals surface area contributed by atoms with Crippen molar-refractivity contribution in [3.8, 4) is 5.75 Å². The number of amides is 3. The Morgan fingerprint density at radius 2 is 1.79 bits per heavy atom. The van der Waals surface area contributed by atoms with E-state index in [1.807, 2.05) is 6.92 Å². The number of nitrogens with one attached hydrogen (secondary N) is 2. The van der Waals surface area contributed by atoms with Gasteiger partial charge < -0.3 is 25.2 Å². The predicted octanol–water partition coefficient (Wildman–Crippen LogP) is 4.50. The summed E-state index contributed by atoms with van der Waals surface area (Å²) in [5.41, 5.74) is 1.03. The van der Waals surface area contributed by atoms with Gasteiger partial charge in [0, 0.05) is 56.3 Å². The summed E-state index contributed by atoms with van der Waals surface area (Å²) in [5, 5.41) is 5.99. The highest BCUT2D eigenvalue weighted by Gasteiger charge is 2.25. The highest BCUT2D eigenvalue weighted by molar-refractivity contribution is 5.94. The van der Waals surface area contributed by atoms with Crippen molar-refractivity contribution in [3.05, 3.63) is 41.5 Å². The number of hydrogen-bond donors (Lipinski definition) is 2. The van der Waals surface area contributed by atoms with Crippen LogP contribution in [-0.2, 0) is 0 Å². The largest absolute Gasteiger partial charge is 0.493 e. The van der Waals surface area contributed by atoms with Crippen LogP contribution in [0.5, 0.6) is 5.75 Å². The maximum Gasteiger partial charge on any atom is 0.321 e. The standard InChI is InChI=1S/C26H39FN4O3/c1-3-10-28-19-20(2)29-26(33)31-13-11-30(12-14-31)25(32)22-16-23(27)18-24(17-22)34-15-9-21-7-5-4-6-8-21/h16-19,21,28H,3-15H2,1-2H3,(H,29,33)/b20-19+. The molecule has 188 valence electrons. The van der Waals surface area contributed by atoms with Gasteiger partial charge in [-0.05, 0) is 37.8 Å². The number of urea groups is 1. The van der Waals surface area contributed by atoms with E-state index in [1.54, 1.807) is 22.1 Å². The van der Waals surface area contributed by atoms with Crippen molar-refractivity contribution in [2.75, 3.05) is 39.3 Å². The second-order valence-corrected chi connectivity index (χ2v) is 9.31. The van der Waals surface area contributed by atoms with Crippen molar-refractivity contribution in [2.24, 2.45) is 5.92 Å². The zero-order valence-corrected chi connectivity index (χ0v) is 20.6.